The van der Waals surface area contributed by atoms with E-state index in [1.165, 1.54) is 18.4 Å². The first-order valence-electron chi connectivity index (χ1n) is 25.0. The van der Waals surface area contributed by atoms with Gasteiger partial charge in [-0.05, 0) is 130 Å². The van der Waals surface area contributed by atoms with Crippen LogP contribution in [0.3, 0.4) is 0 Å². The van der Waals surface area contributed by atoms with Gasteiger partial charge in [-0.25, -0.2) is 9.59 Å². The highest BCUT2D eigenvalue weighted by Crippen LogP contribution is 2.30. The van der Waals surface area contributed by atoms with E-state index in [0.717, 1.165) is 50.8 Å². The summed E-state index contributed by atoms with van der Waals surface area (Å²) in [5.74, 6) is 2.66. The number of aliphatic imine (C=N–C) groups is 2. The number of benzene rings is 7. The largest absolute Gasteiger partial charge is 0.497 e. The van der Waals surface area contributed by atoms with Crippen molar-refractivity contribution in [1.29, 1.82) is 0 Å². The number of methoxy groups -OCH3 is 4. The number of rotatable bonds is 25. The molecular formula is C63H62N4O15. The molecule has 2 unspecified atom stereocenters. The molecule has 0 saturated carbocycles. The molecule has 82 heavy (non-hydrogen) atoms. The van der Waals surface area contributed by atoms with Crippen LogP contribution in [-0.2, 0) is 55.1 Å². The highest BCUT2D eigenvalue weighted by atomic mass is 16.6. The first kappa shape index (κ1) is 62.5. The van der Waals surface area contributed by atoms with Gasteiger partial charge in [0.15, 0.2) is 0 Å². The molecule has 7 aromatic carbocycles. The number of esters is 2. The van der Waals surface area contributed by atoms with E-state index in [4.69, 9.17) is 42.4 Å². The predicted molar refractivity (Wildman–Crippen MR) is 304 cm³/mol. The molecule has 19 heteroatoms. The zero-order chi connectivity index (χ0) is 57.6. The predicted octanol–water partition coefficient (Wildman–Crippen LogP) is 12.6. The summed E-state index contributed by atoms with van der Waals surface area (Å²) in [5.41, 5.74) is 6.93. The Hall–Kier alpha value is -10.4. The second-order valence-corrected chi connectivity index (χ2v) is 17.4. The van der Waals surface area contributed by atoms with Gasteiger partial charge in [-0.3, -0.25) is 19.7 Å². The Balaban J connectivity index is 0.000000248. The van der Waals surface area contributed by atoms with E-state index < -0.39 is 16.8 Å². The Morgan fingerprint density at radius 1 is 0.500 bits per heavy atom. The number of carbonyl (C=O) groups is 2. The lowest BCUT2D eigenvalue weighted by Crippen LogP contribution is -2.18. The fraction of sp³-hybridized carbons (Fsp3) is 0.222. The van der Waals surface area contributed by atoms with Gasteiger partial charge in [0.05, 0.1) is 64.3 Å². The topological polar surface area (TPSA) is 236 Å². The third-order valence-corrected chi connectivity index (χ3v) is 12.0. The molecule has 2 atom stereocenters. The third-order valence-electron chi connectivity index (χ3n) is 12.0. The van der Waals surface area contributed by atoms with Crippen LogP contribution in [0, 0.1) is 10.1 Å². The van der Waals surface area contributed by atoms with Crippen molar-refractivity contribution >= 4 is 35.5 Å². The minimum Gasteiger partial charge on any atom is -0.497 e. The lowest BCUT2D eigenvalue weighted by molar-refractivity contribution is -0.483. The summed E-state index contributed by atoms with van der Waals surface area (Å²) in [7, 11) is 6.43. The molecule has 0 radical (unpaired) electrons. The van der Waals surface area contributed by atoms with Crippen LogP contribution in [0.4, 0.5) is 11.4 Å². The average molecular weight is 1120 g/mol. The molecule has 0 saturated heterocycles. The minimum atomic E-state index is -0.603. The van der Waals surface area contributed by atoms with Gasteiger partial charge in [-0.15, -0.1) is 0 Å². The van der Waals surface area contributed by atoms with Crippen LogP contribution < -0.4 is 28.4 Å². The zero-order valence-corrected chi connectivity index (χ0v) is 44.8. The highest BCUT2D eigenvalue weighted by Gasteiger charge is 2.24. The summed E-state index contributed by atoms with van der Waals surface area (Å²) in [6.45, 7) is 0.718. The third kappa shape index (κ3) is 21.1. The Labute approximate surface area is 474 Å². The van der Waals surface area contributed by atoms with Gasteiger partial charge in [0.1, 0.15) is 67.2 Å². The van der Waals surface area contributed by atoms with E-state index in [-0.39, 0.29) is 51.9 Å². The summed E-state index contributed by atoms with van der Waals surface area (Å²) in [6.07, 6.45) is 4.34. The molecule has 1 aromatic heterocycles. The van der Waals surface area contributed by atoms with Crippen LogP contribution in [0.2, 0.25) is 0 Å². The van der Waals surface area contributed by atoms with Crippen molar-refractivity contribution in [3.63, 3.8) is 0 Å². The molecule has 1 heterocycles. The zero-order valence-electron chi connectivity index (χ0n) is 44.8. The fourth-order valence-electron chi connectivity index (χ4n) is 7.64. The van der Waals surface area contributed by atoms with Gasteiger partial charge < -0.3 is 42.4 Å². The molecule has 8 aromatic rings. The number of hydrogen-bond acceptors (Lipinski definition) is 18. The summed E-state index contributed by atoms with van der Waals surface area (Å²) in [4.78, 5) is 62.1. The Morgan fingerprint density at radius 2 is 0.854 bits per heavy atom. The number of isocyanates is 2. The van der Waals surface area contributed by atoms with Crippen molar-refractivity contribution in [3.8, 4) is 34.5 Å². The molecule has 0 fully saturated rings. The van der Waals surface area contributed by atoms with Crippen molar-refractivity contribution in [3.05, 3.63) is 231 Å². The van der Waals surface area contributed by atoms with Crippen LogP contribution in [-0.4, -0.2) is 69.2 Å². The van der Waals surface area contributed by atoms with E-state index in [1.54, 1.807) is 107 Å². The quantitative estimate of drug-likeness (QED) is 0.0170. The van der Waals surface area contributed by atoms with Gasteiger partial charge in [0.2, 0.25) is 18.7 Å². The van der Waals surface area contributed by atoms with E-state index in [1.807, 2.05) is 97.1 Å². The second-order valence-electron chi connectivity index (χ2n) is 17.4. The molecule has 0 bridgehead atoms. The molecule has 424 valence electrons. The van der Waals surface area contributed by atoms with Gasteiger partial charge in [-0.2, -0.15) is 9.98 Å². The number of hydrogen-bond donors (Lipinski definition) is 0. The summed E-state index contributed by atoms with van der Waals surface area (Å²) < 4.78 is 48.1. The van der Waals surface area contributed by atoms with Gasteiger partial charge >= 0.3 is 11.9 Å². The fourth-order valence-corrected chi connectivity index (χ4v) is 7.64. The minimum absolute atomic E-state index is 0. The maximum Gasteiger partial charge on any atom is 0.307 e. The molecule has 0 aliphatic heterocycles. The van der Waals surface area contributed by atoms with Crippen molar-refractivity contribution in [2.24, 2.45) is 9.98 Å². The van der Waals surface area contributed by atoms with Crippen molar-refractivity contribution in [2.45, 2.75) is 58.5 Å². The van der Waals surface area contributed by atoms with Crippen LogP contribution in [0.5, 0.6) is 34.5 Å². The second kappa shape index (κ2) is 33.8. The molecular weight excluding hydrogens is 1050 g/mol. The molecule has 0 spiro atoms. The smallest absolute Gasteiger partial charge is 0.307 e. The van der Waals surface area contributed by atoms with E-state index >= 15 is 0 Å². The normalized spacial score (nSPS) is 10.8. The number of ether oxygens (including phenoxy) is 8. The monoisotopic (exact) mass is 1110 g/mol. The Kier molecular flexibility index (Phi) is 25.8. The maximum atomic E-state index is 12.7. The first-order valence-corrected chi connectivity index (χ1v) is 25.0. The Bertz CT molecular complexity index is 3240. The molecule has 0 aliphatic rings. The number of carbonyl (C=O) groups excluding carboxylic acids is 4. The summed E-state index contributed by atoms with van der Waals surface area (Å²) >= 11 is 0. The molecule has 19 nitrogen and oxygen atoms in total. The van der Waals surface area contributed by atoms with Crippen LogP contribution in [0.25, 0.3) is 0 Å². The van der Waals surface area contributed by atoms with Crippen LogP contribution in [0.1, 0.15) is 71.2 Å². The van der Waals surface area contributed by atoms with Gasteiger partial charge in [0.25, 0.3) is 0 Å². The van der Waals surface area contributed by atoms with Crippen molar-refractivity contribution < 1.29 is 66.5 Å². The van der Waals surface area contributed by atoms with Gasteiger partial charge in [0, 0.05) is 16.9 Å². The SMILES string of the molecule is C.COc1ccc(COC(=O)CC(C[N+](=O)[O-])c2ccc(OCc3ccc(OC)cc3)cc2)cc1.COc1ccc(COC(=O)CC(c2ccc(OCc3ccc(OC)cc3)cc2)c2ccon2)cc1.O=C=Nc1ccc(N=C=O)cc1. The highest BCUT2D eigenvalue weighted by molar-refractivity contribution is 5.71. The molecule has 0 amide bonds. The summed E-state index contributed by atoms with van der Waals surface area (Å²) in [6, 6.07) is 52.4. The maximum absolute atomic E-state index is 12.7. The van der Waals surface area contributed by atoms with Crippen molar-refractivity contribution in [1.82, 2.24) is 5.16 Å². The van der Waals surface area contributed by atoms with Crippen LogP contribution >= 0.6 is 0 Å². The number of nitro groups is 1. The van der Waals surface area contributed by atoms with Gasteiger partial charge in [-0.1, -0.05) is 85.4 Å². The number of aromatic nitrogens is 1. The van der Waals surface area contributed by atoms with Crippen LogP contribution in [0.15, 0.2) is 197 Å². The molecule has 0 aliphatic carbocycles. The van der Waals surface area contributed by atoms with E-state index in [2.05, 4.69) is 15.1 Å². The van der Waals surface area contributed by atoms with Crippen molar-refractivity contribution in [2.75, 3.05) is 35.0 Å². The summed E-state index contributed by atoms with van der Waals surface area (Å²) in [5, 5.41) is 15.2. The first-order chi connectivity index (χ1) is 39.5. The standard InChI is InChI=1S/C28H27NO6.C26H27NO7.C8H4N2O2.CH4/c1-31-23-9-3-20(4-10-23)18-33-25-13-7-22(8-14-25)26(27-15-16-35-29-27)17-28(30)34-19-21-5-11-24(32-2)12-6-21;1-31-23-9-3-19(4-10-23)17-33-25-13-7-21(8-14-25)22(16-27(29)30)15-26(28)34-18-20-5-11-24(32-2)12-6-20;11-5-9-7-1-2-8(4-3-7)10-6-12;/h3-16,26H,17-19H2,1-2H3;3-14,22H,15-18H2,1-2H3;1-4H;1H4. The molecule has 0 N–H and O–H groups in total. The van der Waals surface area contributed by atoms with E-state index in [0.29, 0.717) is 47.3 Å². The molecule has 8 rings (SSSR count). The lowest BCUT2D eigenvalue weighted by Gasteiger charge is -2.15. The number of nitrogens with zero attached hydrogens (tertiary/aromatic N) is 4. The lowest BCUT2D eigenvalue weighted by atomic mass is 9.92. The Morgan fingerprint density at radius 3 is 1.20 bits per heavy atom. The van der Waals surface area contributed by atoms with E-state index in [9.17, 15) is 29.3 Å². The average Bonchev–Trinajstić information content (AvgIpc) is 4.05.